The Morgan fingerprint density at radius 2 is 1.73 bits per heavy atom. The fourth-order valence-corrected chi connectivity index (χ4v) is 4.45. The third kappa shape index (κ3) is 3.73. The van der Waals surface area contributed by atoms with Crippen molar-refractivity contribution in [2.45, 2.75) is 31.5 Å². The zero-order valence-corrected chi connectivity index (χ0v) is 14.8. The molecule has 5 heteroatoms. The van der Waals surface area contributed by atoms with Crippen molar-refractivity contribution in [3.05, 3.63) is 66.0 Å². The van der Waals surface area contributed by atoms with Crippen LogP contribution in [0.15, 0.2) is 54.9 Å². The first-order chi connectivity index (χ1) is 12.6. The summed E-state index contributed by atoms with van der Waals surface area (Å²) < 4.78 is 5.44. The molecular formula is C21H24N2O3. The standard InChI is InChI=1S/C21H24N2O3/c24-20(26-15-17-4-2-1-3-5-17)23-13-18-11-21(25,12-19(18)14-23)10-16-6-8-22-9-7-16/h1-9,18-19,25H,10-15H2. The Kier molecular flexibility index (Phi) is 4.64. The van der Waals surface area contributed by atoms with E-state index in [9.17, 15) is 9.90 Å². The van der Waals surface area contributed by atoms with Gasteiger partial charge in [0.25, 0.3) is 0 Å². The molecule has 1 aliphatic heterocycles. The van der Waals surface area contributed by atoms with Crippen LogP contribution in [-0.2, 0) is 17.8 Å². The van der Waals surface area contributed by atoms with Crippen molar-refractivity contribution < 1.29 is 14.6 Å². The molecule has 136 valence electrons. The number of benzene rings is 1. The van der Waals surface area contributed by atoms with E-state index >= 15 is 0 Å². The molecule has 2 atom stereocenters. The van der Waals surface area contributed by atoms with Crippen LogP contribution in [-0.4, -0.2) is 39.8 Å². The number of amides is 1. The quantitative estimate of drug-likeness (QED) is 0.919. The van der Waals surface area contributed by atoms with Gasteiger partial charge in [-0.2, -0.15) is 0 Å². The van der Waals surface area contributed by atoms with Gasteiger partial charge in [-0.25, -0.2) is 4.79 Å². The Morgan fingerprint density at radius 1 is 1.08 bits per heavy atom. The number of rotatable bonds is 4. The average molecular weight is 352 g/mol. The van der Waals surface area contributed by atoms with E-state index in [1.165, 1.54) is 0 Å². The molecule has 26 heavy (non-hydrogen) atoms. The molecule has 1 aromatic carbocycles. The number of hydrogen-bond donors (Lipinski definition) is 1. The van der Waals surface area contributed by atoms with Gasteiger partial charge in [0, 0.05) is 31.9 Å². The molecule has 0 spiro atoms. The van der Waals surface area contributed by atoms with Crippen molar-refractivity contribution in [1.29, 1.82) is 0 Å². The van der Waals surface area contributed by atoms with Gasteiger partial charge in [-0.3, -0.25) is 4.98 Å². The van der Waals surface area contributed by atoms with E-state index in [-0.39, 0.29) is 6.09 Å². The summed E-state index contributed by atoms with van der Waals surface area (Å²) in [6, 6.07) is 13.6. The maximum Gasteiger partial charge on any atom is 0.410 e. The fraction of sp³-hybridized carbons (Fsp3) is 0.429. The van der Waals surface area contributed by atoms with E-state index in [4.69, 9.17) is 4.74 Å². The van der Waals surface area contributed by atoms with Crippen LogP contribution in [0, 0.1) is 11.8 Å². The highest BCUT2D eigenvalue weighted by atomic mass is 16.6. The first-order valence-corrected chi connectivity index (χ1v) is 9.18. The number of carbonyl (C=O) groups is 1. The minimum atomic E-state index is -0.670. The van der Waals surface area contributed by atoms with Gasteiger partial charge in [0.1, 0.15) is 6.61 Å². The number of aliphatic hydroxyl groups is 1. The Morgan fingerprint density at radius 3 is 2.38 bits per heavy atom. The second-order valence-electron chi connectivity index (χ2n) is 7.63. The smallest absolute Gasteiger partial charge is 0.410 e. The Labute approximate surface area is 153 Å². The van der Waals surface area contributed by atoms with E-state index < -0.39 is 5.60 Å². The second-order valence-corrected chi connectivity index (χ2v) is 7.63. The largest absolute Gasteiger partial charge is 0.445 e. The highest BCUT2D eigenvalue weighted by Crippen LogP contribution is 2.45. The van der Waals surface area contributed by atoms with Gasteiger partial charge in [-0.05, 0) is 47.9 Å². The molecule has 1 N–H and O–H groups in total. The molecule has 1 aliphatic carbocycles. The summed E-state index contributed by atoms with van der Waals surface area (Å²) in [4.78, 5) is 18.2. The summed E-state index contributed by atoms with van der Waals surface area (Å²) in [6.45, 7) is 1.66. The minimum absolute atomic E-state index is 0.249. The first kappa shape index (κ1) is 17.0. The summed E-state index contributed by atoms with van der Waals surface area (Å²) in [5, 5.41) is 11.0. The summed E-state index contributed by atoms with van der Waals surface area (Å²) in [5.41, 5.74) is 1.44. The highest BCUT2D eigenvalue weighted by Gasteiger charge is 2.49. The van der Waals surface area contributed by atoms with Crippen molar-refractivity contribution in [3.8, 4) is 0 Å². The van der Waals surface area contributed by atoms with E-state index in [1.807, 2.05) is 42.5 Å². The van der Waals surface area contributed by atoms with Crippen LogP contribution in [0.4, 0.5) is 4.79 Å². The Hall–Kier alpha value is -2.40. The highest BCUT2D eigenvalue weighted by molar-refractivity contribution is 5.68. The zero-order valence-electron chi connectivity index (χ0n) is 14.8. The number of carbonyl (C=O) groups excluding carboxylic acids is 1. The fourth-order valence-electron chi connectivity index (χ4n) is 4.45. The average Bonchev–Trinajstić information content (AvgIpc) is 3.16. The molecule has 1 saturated carbocycles. The number of aromatic nitrogens is 1. The summed E-state index contributed by atoms with van der Waals surface area (Å²) >= 11 is 0. The predicted molar refractivity (Wildman–Crippen MR) is 97.3 cm³/mol. The van der Waals surface area contributed by atoms with E-state index in [0.29, 0.717) is 38.0 Å². The topological polar surface area (TPSA) is 62.7 Å². The number of nitrogens with zero attached hydrogens (tertiary/aromatic N) is 2. The van der Waals surface area contributed by atoms with Crippen molar-refractivity contribution in [1.82, 2.24) is 9.88 Å². The molecule has 2 heterocycles. The lowest BCUT2D eigenvalue weighted by atomic mass is 9.92. The van der Waals surface area contributed by atoms with E-state index in [1.54, 1.807) is 17.3 Å². The van der Waals surface area contributed by atoms with Gasteiger partial charge in [0.2, 0.25) is 0 Å². The number of ether oxygens (including phenoxy) is 1. The van der Waals surface area contributed by atoms with Crippen molar-refractivity contribution >= 4 is 6.09 Å². The molecular weight excluding hydrogens is 328 g/mol. The van der Waals surface area contributed by atoms with E-state index in [2.05, 4.69) is 4.98 Å². The van der Waals surface area contributed by atoms with Crippen molar-refractivity contribution in [3.63, 3.8) is 0 Å². The first-order valence-electron chi connectivity index (χ1n) is 9.18. The monoisotopic (exact) mass is 352 g/mol. The molecule has 1 saturated heterocycles. The van der Waals surface area contributed by atoms with Gasteiger partial charge in [-0.1, -0.05) is 30.3 Å². The zero-order chi connectivity index (χ0) is 18.0. The van der Waals surface area contributed by atoms with E-state index in [0.717, 1.165) is 24.0 Å². The summed E-state index contributed by atoms with van der Waals surface area (Å²) in [5.74, 6) is 0.706. The number of fused-ring (bicyclic) bond motifs is 1. The maximum absolute atomic E-state index is 12.3. The molecule has 0 bridgehead atoms. The van der Waals surface area contributed by atoms with Gasteiger partial charge >= 0.3 is 6.09 Å². The SMILES string of the molecule is O=C(OCc1ccccc1)N1CC2CC(O)(Cc3ccncc3)CC2C1. The normalized spacial score (nSPS) is 27.3. The maximum atomic E-state index is 12.3. The second kappa shape index (κ2) is 7.08. The third-order valence-corrected chi connectivity index (χ3v) is 5.61. The lowest BCUT2D eigenvalue weighted by molar-refractivity contribution is 0.0337. The summed E-state index contributed by atoms with van der Waals surface area (Å²) in [6.07, 6.45) is 5.41. The minimum Gasteiger partial charge on any atom is -0.445 e. The molecule has 4 rings (SSSR count). The van der Waals surface area contributed by atoms with Crippen LogP contribution in [0.3, 0.4) is 0 Å². The summed E-state index contributed by atoms with van der Waals surface area (Å²) in [7, 11) is 0. The molecule has 2 aromatic rings. The van der Waals surface area contributed by atoms with Gasteiger partial charge in [-0.15, -0.1) is 0 Å². The molecule has 1 amide bonds. The molecule has 2 unspecified atom stereocenters. The lowest BCUT2D eigenvalue weighted by Gasteiger charge is -2.26. The molecule has 1 aromatic heterocycles. The lowest BCUT2D eigenvalue weighted by Crippen LogP contribution is -2.34. The van der Waals surface area contributed by atoms with Crippen LogP contribution >= 0.6 is 0 Å². The van der Waals surface area contributed by atoms with Crippen LogP contribution in [0.2, 0.25) is 0 Å². The van der Waals surface area contributed by atoms with Gasteiger partial charge in [0.05, 0.1) is 5.60 Å². The van der Waals surface area contributed by atoms with Crippen LogP contribution in [0.5, 0.6) is 0 Å². The van der Waals surface area contributed by atoms with Crippen molar-refractivity contribution in [2.75, 3.05) is 13.1 Å². The predicted octanol–water partition coefficient (Wildman–Crippen LogP) is 3.03. The Bertz CT molecular complexity index is 736. The van der Waals surface area contributed by atoms with Crippen LogP contribution in [0.25, 0.3) is 0 Å². The third-order valence-electron chi connectivity index (χ3n) is 5.61. The van der Waals surface area contributed by atoms with Gasteiger partial charge in [0.15, 0.2) is 0 Å². The molecule has 5 nitrogen and oxygen atoms in total. The van der Waals surface area contributed by atoms with Crippen LogP contribution < -0.4 is 0 Å². The molecule has 2 aliphatic rings. The molecule has 2 fully saturated rings. The molecule has 0 radical (unpaired) electrons. The number of pyridine rings is 1. The van der Waals surface area contributed by atoms with Gasteiger partial charge < -0.3 is 14.7 Å². The van der Waals surface area contributed by atoms with Crippen LogP contribution in [0.1, 0.15) is 24.0 Å². The number of likely N-dealkylation sites (tertiary alicyclic amines) is 1. The Balaban J connectivity index is 1.30. The number of hydrogen-bond acceptors (Lipinski definition) is 4. The van der Waals surface area contributed by atoms with Crippen molar-refractivity contribution in [2.24, 2.45) is 11.8 Å².